The number of urea groups is 1. The number of fused-ring (bicyclic) bond motifs is 2. The third-order valence-electron chi connectivity index (χ3n) is 6.45. The molecule has 1 atom stereocenters. The van der Waals surface area contributed by atoms with Gasteiger partial charge < -0.3 is 10.2 Å². The van der Waals surface area contributed by atoms with Crippen LogP contribution in [0, 0.1) is 6.92 Å². The average Bonchev–Trinajstić information content (AvgIpc) is 2.80. The summed E-state index contributed by atoms with van der Waals surface area (Å²) in [7, 11) is 0. The number of carbonyl (C=O) groups excluding carboxylic acids is 1. The Morgan fingerprint density at radius 3 is 2.83 bits per heavy atom. The molecule has 0 bridgehead atoms. The predicted molar refractivity (Wildman–Crippen MR) is 121 cm³/mol. The quantitative estimate of drug-likeness (QED) is 0.698. The Labute approximate surface area is 177 Å². The lowest BCUT2D eigenvalue weighted by Crippen LogP contribution is -2.54. The smallest absolute Gasteiger partial charge is 0.320 e. The van der Waals surface area contributed by atoms with E-state index in [4.69, 9.17) is 4.98 Å². The number of nitrogens with one attached hydrogen (secondary N) is 1. The number of piperidine rings is 1. The summed E-state index contributed by atoms with van der Waals surface area (Å²) in [5.41, 5.74) is 3.76. The van der Waals surface area contributed by atoms with Crippen LogP contribution in [0.25, 0.3) is 10.8 Å². The molecule has 0 aliphatic carbocycles. The molecule has 30 heavy (non-hydrogen) atoms. The first-order valence-corrected chi connectivity index (χ1v) is 10.9. The van der Waals surface area contributed by atoms with Crippen molar-refractivity contribution in [2.75, 3.05) is 24.5 Å². The van der Waals surface area contributed by atoms with Crippen LogP contribution >= 0.6 is 0 Å². The highest BCUT2D eigenvalue weighted by Crippen LogP contribution is 2.32. The Hall–Kier alpha value is -2.92. The zero-order chi connectivity index (χ0) is 20.5. The number of benzene rings is 2. The SMILES string of the molecule is Cc1cccc2ccnc(N(C(=O)N3CCc4ccccc4C3)[C@@H]3CCCNC3)c12. The first-order chi connectivity index (χ1) is 14.7. The van der Waals surface area contributed by atoms with Crippen molar-refractivity contribution in [2.45, 2.75) is 38.8 Å². The van der Waals surface area contributed by atoms with E-state index in [1.54, 1.807) is 0 Å². The van der Waals surface area contributed by atoms with Crippen LogP contribution < -0.4 is 10.2 Å². The van der Waals surface area contributed by atoms with Gasteiger partial charge in [-0.2, -0.15) is 0 Å². The van der Waals surface area contributed by atoms with Crippen molar-refractivity contribution in [3.05, 3.63) is 71.4 Å². The highest BCUT2D eigenvalue weighted by Gasteiger charge is 2.33. The molecule has 1 fully saturated rings. The zero-order valence-corrected chi connectivity index (χ0v) is 17.5. The number of pyridine rings is 1. The summed E-state index contributed by atoms with van der Waals surface area (Å²) in [5.74, 6) is 0.795. The lowest BCUT2D eigenvalue weighted by molar-refractivity contribution is 0.194. The zero-order valence-electron chi connectivity index (χ0n) is 17.5. The molecule has 1 N–H and O–H groups in total. The van der Waals surface area contributed by atoms with Crippen LogP contribution in [-0.2, 0) is 13.0 Å². The summed E-state index contributed by atoms with van der Waals surface area (Å²) in [6.45, 7) is 5.33. The molecular weight excluding hydrogens is 372 g/mol. The van der Waals surface area contributed by atoms with Crippen LogP contribution in [0.3, 0.4) is 0 Å². The van der Waals surface area contributed by atoms with Crippen molar-refractivity contribution < 1.29 is 4.79 Å². The molecule has 2 aliphatic rings. The van der Waals surface area contributed by atoms with Gasteiger partial charge in [-0.3, -0.25) is 4.90 Å². The summed E-state index contributed by atoms with van der Waals surface area (Å²) < 4.78 is 0. The maximum atomic E-state index is 13.9. The molecule has 154 valence electrons. The first-order valence-electron chi connectivity index (χ1n) is 10.9. The van der Waals surface area contributed by atoms with Crippen LogP contribution in [0.4, 0.5) is 10.6 Å². The van der Waals surface area contributed by atoms with Gasteiger partial charge in [0.2, 0.25) is 0 Å². The number of aromatic nitrogens is 1. The van der Waals surface area contributed by atoms with Crippen molar-refractivity contribution in [1.29, 1.82) is 0 Å². The fraction of sp³-hybridized carbons (Fsp3) is 0.360. The van der Waals surface area contributed by atoms with Gasteiger partial charge in [0.05, 0.1) is 6.04 Å². The first kappa shape index (κ1) is 19.1. The van der Waals surface area contributed by atoms with Crippen LogP contribution in [0.2, 0.25) is 0 Å². The van der Waals surface area contributed by atoms with Crippen LogP contribution in [0.5, 0.6) is 0 Å². The minimum atomic E-state index is 0.0708. The molecule has 3 aromatic rings. The second-order valence-electron chi connectivity index (χ2n) is 8.40. The van der Waals surface area contributed by atoms with Crippen molar-refractivity contribution in [2.24, 2.45) is 0 Å². The maximum absolute atomic E-state index is 13.9. The standard InChI is InChI=1S/C25H28N4O/c1-18-6-4-9-20-11-14-27-24(23(18)20)29(22-10-5-13-26-16-22)25(30)28-15-12-19-7-2-3-8-21(19)17-28/h2-4,6-9,11,14,22,26H,5,10,12-13,15-17H2,1H3/t22-/m1/s1. The third kappa shape index (κ3) is 3.43. The number of anilines is 1. The molecule has 2 aliphatic heterocycles. The van der Waals surface area contributed by atoms with Crippen LogP contribution in [0.1, 0.15) is 29.5 Å². The van der Waals surface area contributed by atoms with E-state index in [-0.39, 0.29) is 12.1 Å². The molecule has 5 nitrogen and oxygen atoms in total. The Balaban J connectivity index is 1.56. The molecule has 5 heteroatoms. The molecular formula is C25H28N4O. The van der Waals surface area contributed by atoms with E-state index in [1.807, 2.05) is 22.1 Å². The van der Waals surface area contributed by atoms with Gasteiger partial charge in [0.1, 0.15) is 5.82 Å². The topological polar surface area (TPSA) is 48.5 Å². The fourth-order valence-electron chi connectivity index (χ4n) is 4.86. The Morgan fingerprint density at radius 1 is 1.13 bits per heavy atom. The summed E-state index contributed by atoms with van der Waals surface area (Å²) in [6, 6.07) is 16.9. The molecule has 3 heterocycles. The number of amides is 2. The van der Waals surface area contributed by atoms with Crippen LogP contribution in [-0.4, -0.2) is 41.6 Å². The number of hydrogen-bond acceptors (Lipinski definition) is 3. The second kappa shape index (κ2) is 8.07. The molecule has 0 saturated carbocycles. The predicted octanol–water partition coefficient (Wildman–Crippen LogP) is 4.28. The summed E-state index contributed by atoms with van der Waals surface area (Å²) in [4.78, 5) is 22.7. The van der Waals surface area contributed by atoms with Gasteiger partial charge in [0.25, 0.3) is 0 Å². The van der Waals surface area contributed by atoms with Gasteiger partial charge in [-0.25, -0.2) is 9.78 Å². The highest BCUT2D eigenvalue weighted by atomic mass is 16.2. The minimum Gasteiger partial charge on any atom is -0.320 e. The number of carbonyl (C=O) groups is 1. The summed E-state index contributed by atoms with van der Waals surface area (Å²) >= 11 is 0. The number of nitrogens with zero attached hydrogens (tertiary/aromatic N) is 3. The van der Waals surface area contributed by atoms with E-state index >= 15 is 0 Å². The van der Waals surface area contributed by atoms with Crippen molar-refractivity contribution in [1.82, 2.24) is 15.2 Å². The lowest BCUT2D eigenvalue weighted by atomic mass is 9.99. The maximum Gasteiger partial charge on any atom is 0.326 e. The van der Waals surface area contributed by atoms with E-state index < -0.39 is 0 Å². The normalized spacial score (nSPS) is 18.8. The van der Waals surface area contributed by atoms with E-state index in [2.05, 4.69) is 54.7 Å². The lowest BCUT2D eigenvalue weighted by Gasteiger charge is -2.39. The average molecular weight is 401 g/mol. The molecule has 2 aromatic carbocycles. The summed E-state index contributed by atoms with van der Waals surface area (Å²) in [5, 5.41) is 5.69. The monoisotopic (exact) mass is 400 g/mol. The minimum absolute atomic E-state index is 0.0708. The highest BCUT2D eigenvalue weighted by molar-refractivity contribution is 6.03. The molecule has 0 spiro atoms. The number of rotatable bonds is 2. The largest absolute Gasteiger partial charge is 0.326 e. The van der Waals surface area contributed by atoms with E-state index in [9.17, 15) is 4.79 Å². The third-order valence-corrected chi connectivity index (χ3v) is 6.45. The molecule has 2 amide bonds. The van der Waals surface area contributed by atoms with Crippen molar-refractivity contribution in [3.63, 3.8) is 0 Å². The fourth-order valence-corrected chi connectivity index (χ4v) is 4.86. The van der Waals surface area contributed by atoms with Gasteiger partial charge in [-0.05, 0) is 60.9 Å². The van der Waals surface area contributed by atoms with Gasteiger partial charge in [-0.15, -0.1) is 0 Å². The molecule has 0 radical (unpaired) electrons. The van der Waals surface area contributed by atoms with Crippen molar-refractivity contribution >= 4 is 22.6 Å². The van der Waals surface area contributed by atoms with Gasteiger partial charge in [-0.1, -0.05) is 42.5 Å². The number of aryl methyl sites for hydroxylation is 1. The molecule has 1 saturated heterocycles. The molecule has 5 rings (SSSR count). The van der Waals surface area contributed by atoms with E-state index in [0.717, 1.165) is 61.1 Å². The van der Waals surface area contributed by atoms with Gasteiger partial charge in [0.15, 0.2) is 0 Å². The van der Waals surface area contributed by atoms with Crippen LogP contribution in [0.15, 0.2) is 54.7 Å². The Kier molecular flexibility index (Phi) is 5.13. The Bertz CT molecular complexity index is 1070. The van der Waals surface area contributed by atoms with Crippen molar-refractivity contribution in [3.8, 4) is 0 Å². The number of hydrogen-bond donors (Lipinski definition) is 1. The van der Waals surface area contributed by atoms with E-state index in [0.29, 0.717) is 6.54 Å². The van der Waals surface area contributed by atoms with E-state index in [1.165, 1.54) is 11.1 Å². The Morgan fingerprint density at radius 2 is 2.00 bits per heavy atom. The molecule has 0 unspecified atom stereocenters. The summed E-state index contributed by atoms with van der Waals surface area (Å²) in [6.07, 6.45) is 4.80. The van der Waals surface area contributed by atoms with Gasteiger partial charge in [0, 0.05) is 31.2 Å². The molecule has 1 aromatic heterocycles. The van der Waals surface area contributed by atoms with Gasteiger partial charge >= 0.3 is 6.03 Å². The second-order valence-corrected chi connectivity index (χ2v) is 8.40.